The Hall–Kier alpha value is -2.11. The van der Waals surface area contributed by atoms with Gasteiger partial charge in [0, 0.05) is 19.0 Å². The minimum atomic E-state index is -0.301. The molecule has 0 radical (unpaired) electrons. The molecule has 0 unspecified atom stereocenters. The van der Waals surface area contributed by atoms with Gasteiger partial charge in [-0.1, -0.05) is 13.3 Å². The highest BCUT2D eigenvalue weighted by Gasteiger charge is 2.05. The first-order valence-corrected chi connectivity index (χ1v) is 8.94. The summed E-state index contributed by atoms with van der Waals surface area (Å²) >= 11 is 0. The Morgan fingerprint density at radius 1 is 1.04 bits per heavy atom. The molecule has 6 heteroatoms. The van der Waals surface area contributed by atoms with Crippen LogP contribution in [0.25, 0.3) is 0 Å². The SMILES string of the molecule is CCCCNC(=O)CNC(=O)CCCCCOc1cc(C)cc(F)c1. The number of ether oxygens (including phenoxy) is 1. The second-order valence-corrected chi connectivity index (χ2v) is 6.10. The fourth-order valence-corrected chi connectivity index (χ4v) is 2.27. The second-order valence-electron chi connectivity index (χ2n) is 6.10. The van der Waals surface area contributed by atoms with E-state index in [0.717, 1.165) is 37.7 Å². The summed E-state index contributed by atoms with van der Waals surface area (Å²) in [5, 5.41) is 5.36. The maximum absolute atomic E-state index is 13.2. The van der Waals surface area contributed by atoms with Crippen molar-refractivity contribution in [1.82, 2.24) is 10.6 Å². The minimum Gasteiger partial charge on any atom is -0.493 e. The molecule has 0 bridgehead atoms. The smallest absolute Gasteiger partial charge is 0.239 e. The Morgan fingerprint density at radius 2 is 1.84 bits per heavy atom. The third-order valence-corrected chi connectivity index (χ3v) is 3.63. The number of carbonyl (C=O) groups is 2. The summed E-state index contributed by atoms with van der Waals surface area (Å²) in [5.74, 6) is -0.0392. The maximum Gasteiger partial charge on any atom is 0.239 e. The zero-order chi connectivity index (χ0) is 18.5. The first kappa shape index (κ1) is 20.9. The molecular weight excluding hydrogens is 323 g/mol. The molecular formula is C19H29FN2O3. The summed E-state index contributed by atoms with van der Waals surface area (Å²) in [4.78, 5) is 23.1. The van der Waals surface area contributed by atoms with Crippen LogP contribution >= 0.6 is 0 Å². The molecule has 1 rings (SSSR count). The Morgan fingerprint density at radius 3 is 2.56 bits per heavy atom. The number of benzene rings is 1. The highest BCUT2D eigenvalue weighted by atomic mass is 19.1. The summed E-state index contributed by atoms with van der Waals surface area (Å²) in [6.07, 6.45) is 4.72. The van der Waals surface area contributed by atoms with Crippen molar-refractivity contribution in [3.8, 4) is 5.75 Å². The Labute approximate surface area is 149 Å². The van der Waals surface area contributed by atoms with Crippen LogP contribution in [0.5, 0.6) is 5.75 Å². The maximum atomic E-state index is 13.2. The molecule has 0 fully saturated rings. The first-order valence-electron chi connectivity index (χ1n) is 8.94. The lowest BCUT2D eigenvalue weighted by Crippen LogP contribution is -2.37. The molecule has 0 aliphatic rings. The van der Waals surface area contributed by atoms with Crippen LogP contribution in [0.1, 0.15) is 51.0 Å². The first-order chi connectivity index (χ1) is 12.0. The highest BCUT2D eigenvalue weighted by Crippen LogP contribution is 2.16. The monoisotopic (exact) mass is 352 g/mol. The number of unbranched alkanes of at least 4 members (excludes halogenated alkanes) is 3. The van der Waals surface area contributed by atoms with E-state index in [2.05, 4.69) is 17.6 Å². The lowest BCUT2D eigenvalue weighted by molar-refractivity contribution is -0.126. The van der Waals surface area contributed by atoms with Gasteiger partial charge in [0.2, 0.25) is 11.8 Å². The van der Waals surface area contributed by atoms with Crippen LogP contribution < -0.4 is 15.4 Å². The van der Waals surface area contributed by atoms with E-state index in [4.69, 9.17) is 4.74 Å². The predicted molar refractivity (Wildman–Crippen MR) is 96.0 cm³/mol. The number of nitrogens with one attached hydrogen (secondary N) is 2. The van der Waals surface area contributed by atoms with E-state index < -0.39 is 0 Å². The van der Waals surface area contributed by atoms with Crippen molar-refractivity contribution in [3.05, 3.63) is 29.6 Å². The fraction of sp³-hybridized carbons (Fsp3) is 0.579. The Kier molecular flexibility index (Phi) is 10.3. The lowest BCUT2D eigenvalue weighted by atomic mass is 10.2. The van der Waals surface area contributed by atoms with Gasteiger partial charge in [-0.15, -0.1) is 0 Å². The lowest BCUT2D eigenvalue weighted by Gasteiger charge is -2.08. The van der Waals surface area contributed by atoms with E-state index in [0.29, 0.717) is 25.3 Å². The van der Waals surface area contributed by atoms with Gasteiger partial charge in [-0.2, -0.15) is 0 Å². The van der Waals surface area contributed by atoms with E-state index in [9.17, 15) is 14.0 Å². The zero-order valence-corrected chi connectivity index (χ0v) is 15.2. The molecule has 140 valence electrons. The van der Waals surface area contributed by atoms with Crippen LogP contribution in [-0.2, 0) is 9.59 Å². The summed E-state index contributed by atoms with van der Waals surface area (Å²) in [5.41, 5.74) is 0.824. The van der Waals surface area contributed by atoms with E-state index in [1.165, 1.54) is 12.1 Å². The van der Waals surface area contributed by atoms with Gasteiger partial charge in [-0.05, 0) is 50.3 Å². The number of carbonyl (C=O) groups excluding carboxylic acids is 2. The van der Waals surface area contributed by atoms with E-state index >= 15 is 0 Å². The number of hydrogen-bond donors (Lipinski definition) is 2. The molecule has 1 aromatic carbocycles. The molecule has 5 nitrogen and oxygen atoms in total. The quantitative estimate of drug-likeness (QED) is 0.568. The van der Waals surface area contributed by atoms with Gasteiger partial charge in [0.1, 0.15) is 11.6 Å². The zero-order valence-electron chi connectivity index (χ0n) is 15.2. The largest absolute Gasteiger partial charge is 0.493 e. The molecule has 0 saturated heterocycles. The molecule has 0 aliphatic carbocycles. The van der Waals surface area contributed by atoms with Crippen LogP contribution in [0.2, 0.25) is 0 Å². The van der Waals surface area contributed by atoms with Crippen LogP contribution in [-0.4, -0.2) is 31.5 Å². The Bertz CT molecular complexity index is 529. The van der Waals surface area contributed by atoms with Crippen LogP contribution in [0, 0.1) is 12.7 Å². The molecule has 0 aliphatic heterocycles. The summed E-state index contributed by atoms with van der Waals surface area (Å²) < 4.78 is 18.7. The van der Waals surface area contributed by atoms with Gasteiger partial charge in [0.05, 0.1) is 13.2 Å². The molecule has 0 spiro atoms. The molecule has 0 aromatic heterocycles. The average molecular weight is 352 g/mol. The summed E-state index contributed by atoms with van der Waals surface area (Å²) in [7, 11) is 0. The topological polar surface area (TPSA) is 67.4 Å². The van der Waals surface area contributed by atoms with E-state index in [-0.39, 0.29) is 24.2 Å². The third-order valence-electron chi connectivity index (χ3n) is 3.63. The summed E-state index contributed by atoms with van der Waals surface area (Å²) in [6, 6.07) is 4.61. The van der Waals surface area contributed by atoms with E-state index in [1.54, 1.807) is 6.07 Å². The molecule has 0 heterocycles. The molecule has 2 N–H and O–H groups in total. The van der Waals surface area contributed by atoms with Crippen molar-refractivity contribution in [1.29, 1.82) is 0 Å². The van der Waals surface area contributed by atoms with Crippen molar-refractivity contribution >= 4 is 11.8 Å². The minimum absolute atomic E-state index is 0.0323. The van der Waals surface area contributed by atoms with E-state index in [1.807, 2.05) is 6.92 Å². The molecule has 2 amide bonds. The van der Waals surface area contributed by atoms with Crippen LogP contribution in [0.3, 0.4) is 0 Å². The van der Waals surface area contributed by atoms with Crippen molar-refractivity contribution in [2.45, 2.75) is 52.4 Å². The molecule has 0 atom stereocenters. The Balaban J connectivity index is 2.03. The van der Waals surface area contributed by atoms with Gasteiger partial charge in [-0.25, -0.2) is 4.39 Å². The number of hydrogen-bond acceptors (Lipinski definition) is 3. The fourth-order valence-electron chi connectivity index (χ4n) is 2.27. The second kappa shape index (κ2) is 12.3. The normalized spacial score (nSPS) is 10.4. The van der Waals surface area contributed by atoms with Crippen LogP contribution in [0.15, 0.2) is 18.2 Å². The van der Waals surface area contributed by atoms with Crippen LogP contribution in [0.4, 0.5) is 4.39 Å². The van der Waals surface area contributed by atoms with Gasteiger partial charge >= 0.3 is 0 Å². The third kappa shape index (κ3) is 10.4. The van der Waals surface area contributed by atoms with Crippen molar-refractivity contribution < 1.29 is 18.7 Å². The standard InChI is InChI=1S/C19H29FN2O3/c1-3-4-9-21-19(24)14-22-18(23)8-6-5-7-10-25-17-12-15(2)11-16(20)13-17/h11-13H,3-10,14H2,1-2H3,(H,21,24)(H,22,23). The van der Waals surface area contributed by atoms with Crippen molar-refractivity contribution in [3.63, 3.8) is 0 Å². The van der Waals surface area contributed by atoms with Crippen molar-refractivity contribution in [2.24, 2.45) is 0 Å². The number of aryl methyl sites for hydroxylation is 1. The number of amides is 2. The summed E-state index contributed by atoms with van der Waals surface area (Å²) in [6.45, 7) is 5.04. The molecule has 1 aromatic rings. The number of rotatable bonds is 12. The van der Waals surface area contributed by atoms with Crippen molar-refractivity contribution in [2.75, 3.05) is 19.7 Å². The number of halogens is 1. The molecule has 25 heavy (non-hydrogen) atoms. The molecule has 0 saturated carbocycles. The van der Waals surface area contributed by atoms with Gasteiger partial charge < -0.3 is 15.4 Å². The van der Waals surface area contributed by atoms with Gasteiger partial charge in [0.15, 0.2) is 0 Å². The highest BCUT2D eigenvalue weighted by molar-refractivity contribution is 5.84. The van der Waals surface area contributed by atoms with Gasteiger partial charge in [-0.3, -0.25) is 9.59 Å². The van der Waals surface area contributed by atoms with Gasteiger partial charge in [0.25, 0.3) is 0 Å². The predicted octanol–water partition coefficient (Wildman–Crippen LogP) is 3.11. The average Bonchev–Trinajstić information content (AvgIpc) is 2.55.